The van der Waals surface area contributed by atoms with E-state index in [-0.39, 0.29) is 6.61 Å². The van der Waals surface area contributed by atoms with Crippen LogP contribution in [-0.4, -0.2) is 29.8 Å². The molecule has 134 valence electrons. The molecule has 0 atom stereocenters. The molecule has 5 heteroatoms. The molecule has 3 rings (SSSR count). The van der Waals surface area contributed by atoms with Crippen LogP contribution in [0.15, 0.2) is 36.4 Å². The third-order valence-electron chi connectivity index (χ3n) is 4.24. The predicted octanol–water partition coefficient (Wildman–Crippen LogP) is 4.02. The van der Waals surface area contributed by atoms with Gasteiger partial charge in [0.15, 0.2) is 0 Å². The number of aliphatic hydroxyl groups is 1. The Morgan fingerprint density at radius 1 is 1.24 bits per heavy atom. The molecule has 25 heavy (non-hydrogen) atoms. The van der Waals surface area contributed by atoms with Crippen molar-refractivity contribution in [1.82, 2.24) is 4.90 Å². The minimum atomic E-state index is -0.0194. The van der Waals surface area contributed by atoms with Crippen LogP contribution in [0.4, 0.5) is 0 Å². The number of ether oxygens (including phenoxy) is 2. The lowest BCUT2D eigenvalue weighted by molar-refractivity contribution is 0.219. The molecular weight excluding hydrogens is 338 g/mol. The topological polar surface area (TPSA) is 41.9 Å². The predicted molar refractivity (Wildman–Crippen MR) is 99.2 cm³/mol. The average Bonchev–Trinajstić information content (AvgIpc) is 2.81. The normalized spacial score (nSPS) is 14.5. The van der Waals surface area contributed by atoms with Crippen LogP contribution in [0.25, 0.3) is 0 Å². The molecule has 1 aliphatic rings. The van der Waals surface area contributed by atoms with Gasteiger partial charge in [0.2, 0.25) is 0 Å². The van der Waals surface area contributed by atoms with Crippen LogP contribution in [-0.2, 0) is 19.7 Å². The summed E-state index contributed by atoms with van der Waals surface area (Å²) in [5.41, 5.74) is 3.09. The van der Waals surface area contributed by atoms with Crippen molar-refractivity contribution in [3.8, 4) is 11.5 Å². The van der Waals surface area contributed by atoms with Crippen LogP contribution in [0.3, 0.4) is 0 Å². The maximum Gasteiger partial charge on any atom is 0.124 e. The number of hydrogen-bond acceptors (Lipinski definition) is 4. The first-order chi connectivity index (χ1) is 12.2. The van der Waals surface area contributed by atoms with Gasteiger partial charge in [-0.3, -0.25) is 4.90 Å². The van der Waals surface area contributed by atoms with Crippen LogP contribution >= 0.6 is 11.6 Å². The molecule has 4 nitrogen and oxygen atoms in total. The standard InChI is InChI=1S/C20H24ClNO3/c1-2-8-24-20-5-3-15(10-17(20)14-23)12-22-7-9-25-19-6-4-18(21)11-16(19)13-22/h3-6,10-11,23H,2,7-9,12-14H2,1H3. The molecule has 0 radical (unpaired) electrons. The van der Waals surface area contributed by atoms with Crippen molar-refractivity contribution in [3.05, 3.63) is 58.1 Å². The van der Waals surface area contributed by atoms with Gasteiger partial charge in [-0.25, -0.2) is 0 Å². The molecule has 0 aliphatic carbocycles. The number of benzene rings is 2. The van der Waals surface area contributed by atoms with E-state index in [1.165, 1.54) is 0 Å². The SMILES string of the molecule is CCCOc1ccc(CN2CCOc3ccc(Cl)cc3C2)cc1CO. The Bertz CT molecular complexity index is 720. The second kappa shape index (κ2) is 8.56. The minimum absolute atomic E-state index is 0.0194. The summed E-state index contributed by atoms with van der Waals surface area (Å²) in [6.45, 7) is 5.78. The van der Waals surface area contributed by atoms with Gasteiger partial charge in [0.25, 0.3) is 0 Å². The Hall–Kier alpha value is -1.75. The Morgan fingerprint density at radius 2 is 2.12 bits per heavy atom. The number of nitrogens with zero attached hydrogens (tertiary/aromatic N) is 1. The fraction of sp³-hybridized carbons (Fsp3) is 0.400. The second-order valence-electron chi connectivity index (χ2n) is 6.26. The van der Waals surface area contributed by atoms with Crippen LogP contribution < -0.4 is 9.47 Å². The first-order valence-electron chi connectivity index (χ1n) is 8.68. The van der Waals surface area contributed by atoms with Crippen molar-refractivity contribution in [2.75, 3.05) is 19.8 Å². The van der Waals surface area contributed by atoms with Gasteiger partial charge in [0.1, 0.15) is 18.1 Å². The fourth-order valence-corrected chi connectivity index (χ4v) is 3.21. The van der Waals surface area contributed by atoms with E-state index in [1.54, 1.807) is 0 Å². The highest BCUT2D eigenvalue weighted by molar-refractivity contribution is 6.30. The zero-order chi connectivity index (χ0) is 17.6. The largest absolute Gasteiger partial charge is 0.493 e. The molecule has 0 amide bonds. The van der Waals surface area contributed by atoms with E-state index in [1.807, 2.05) is 30.3 Å². The number of hydrogen-bond donors (Lipinski definition) is 1. The van der Waals surface area contributed by atoms with Crippen molar-refractivity contribution in [1.29, 1.82) is 0 Å². The first kappa shape index (κ1) is 18.1. The molecule has 0 saturated carbocycles. The average molecular weight is 362 g/mol. The number of halogens is 1. The molecule has 1 aliphatic heterocycles. The lowest BCUT2D eigenvalue weighted by Crippen LogP contribution is -2.25. The summed E-state index contributed by atoms with van der Waals surface area (Å²) in [6, 6.07) is 11.8. The highest BCUT2D eigenvalue weighted by Gasteiger charge is 2.16. The van der Waals surface area contributed by atoms with Crippen LogP contribution in [0.5, 0.6) is 11.5 Å². The van der Waals surface area contributed by atoms with E-state index in [2.05, 4.69) is 17.9 Å². The molecule has 0 bridgehead atoms. The number of fused-ring (bicyclic) bond motifs is 1. The third-order valence-corrected chi connectivity index (χ3v) is 4.48. The Kier molecular flexibility index (Phi) is 6.19. The molecule has 0 spiro atoms. The molecule has 1 N–H and O–H groups in total. The maximum atomic E-state index is 9.63. The lowest BCUT2D eigenvalue weighted by Gasteiger charge is -2.20. The van der Waals surface area contributed by atoms with Crippen molar-refractivity contribution in [2.45, 2.75) is 33.0 Å². The molecule has 0 fully saturated rings. The van der Waals surface area contributed by atoms with Gasteiger partial charge < -0.3 is 14.6 Å². The van der Waals surface area contributed by atoms with Crippen LogP contribution in [0.2, 0.25) is 5.02 Å². The van der Waals surface area contributed by atoms with Crippen LogP contribution in [0.1, 0.15) is 30.0 Å². The zero-order valence-corrected chi connectivity index (χ0v) is 15.3. The van der Waals surface area contributed by atoms with Gasteiger partial charge in [-0.1, -0.05) is 24.6 Å². The van der Waals surface area contributed by atoms with Crippen molar-refractivity contribution < 1.29 is 14.6 Å². The summed E-state index contributed by atoms with van der Waals surface area (Å²) in [5, 5.41) is 10.4. The number of aliphatic hydroxyl groups excluding tert-OH is 1. The van der Waals surface area contributed by atoms with Crippen molar-refractivity contribution in [3.63, 3.8) is 0 Å². The number of rotatable bonds is 6. The quantitative estimate of drug-likeness (QED) is 0.844. The van der Waals surface area contributed by atoms with E-state index in [9.17, 15) is 5.11 Å². The molecular formula is C20H24ClNO3. The summed E-state index contributed by atoms with van der Waals surface area (Å²) >= 11 is 6.12. The van der Waals surface area contributed by atoms with Gasteiger partial charge in [0.05, 0.1) is 13.2 Å². The van der Waals surface area contributed by atoms with Gasteiger partial charge in [0, 0.05) is 35.8 Å². The third kappa shape index (κ3) is 4.66. The Morgan fingerprint density at radius 3 is 2.92 bits per heavy atom. The smallest absolute Gasteiger partial charge is 0.124 e. The molecule has 0 unspecified atom stereocenters. The summed E-state index contributed by atoms with van der Waals surface area (Å²) in [4.78, 5) is 2.32. The minimum Gasteiger partial charge on any atom is -0.493 e. The fourth-order valence-electron chi connectivity index (χ4n) is 3.02. The monoisotopic (exact) mass is 361 g/mol. The van der Waals surface area contributed by atoms with Crippen LogP contribution in [0, 0.1) is 0 Å². The van der Waals surface area contributed by atoms with E-state index in [4.69, 9.17) is 21.1 Å². The highest BCUT2D eigenvalue weighted by Crippen LogP contribution is 2.28. The lowest BCUT2D eigenvalue weighted by atomic mass is 10.1. The van der Waals surface area contributed by atoms with Gasteiger partial charge in [-0.15, -0.1) is 0 Å². The van der Waals surface area contributed by atoms with E-state index in [0.29, 0.717) is 13.2 Å². The van der Waals surface area contributed by atoms with Crippen molar-refractivity contribution >= 4 is 11.6 Å². The molecule has 0 aromatic heterocycles. The van der Waals surface area contributed by atoms with Gasteiger partial charge in [-0.2, -0.15) is 0 Å². The Balaban J connectivity index is 1.73. The summed E-state index contributed by atoms with van der Waals surface area (Å²) < 4.78 is 11.5. The van der Waals surface area contributed by atoms with Gasteiger partial charge >= 0.3 is 0 Å². The summed E-state index contributed by atoms with van der Waals surface area (Å²) in [6.07, 6.45) is 0.947. The maximum absolute atomic E-state index is 9.63. The summed E-state index contributed by atoms with van der Waals surface area (Å²) in [7, 11) is 0. The molecule has 2 aromatic rings. The van der Waals surface area contributed by atoms with Gasteiger partial charge in [-0.05, 0) is 42.3 Å². The molecule has 0 saturated heterocycles. The van der Waals surface area contributed by atoms with Crippen molar-refractivity contribution in [2.24, 2.45) is 0 Å². The zero-order valence-electron chi connectivity index (χ0n) is 14.5. The second-order valence-corrected chi connectivity index (χ2v) is 6.70. The Labute approximate surface area is 153 Å². The molecule has 1 heterocycles. The highest BCUT2D eigenvalue weighted by atomic mass is 35.5. The van der Waals surface area contributed by atoms with E-state index in [0.717, 1.165) is 59.3 Å². The van der Waals surface area contributed by atoms with E-state index >= 15 is 0 Å². The first-order valence-corrected chi connectivity index (χ1v) is 9.06. The molecule has 2 aromatic carbocycles. The van der Waals surface area contributed by atoms with E-state index < -0.39 is 0 Å². The summed E-state index contributed by atoms with van der Waals surface area (Å²) in [5.74, 6) is 1.68.